The van der Waals surface area contributed by atoms with Gasteiger partial charge in [0.15, 0.2) is 0 Å². The van der Waals surface area contributed by atoms with Crippen molar-refractivity contribution >= 4 is 0 Å². The lowest BCUT2D eigenvalue weighted by molar-refractivity contribution is 0.127. The van der Waals surface area contributed by atoms with E-state index in [9.17, 15) is 0 Å². The molecule has 0 aromatic rings. The monoisotopic (exact) mass is 172 g/mol. The van der Waals surface area contributed by atoms with E-state index in [1.165, 1.54) is 0 Å². The van der Waals surface area contributed by atoms with Crippen molar-refractivity contribution in [2.24, 2.45) is 0 Å². The first-order valence-electron chi connectivity index (χ1n) is 4.25. The van der Waals surface area contributed by atoms with E-state index in [0.717, 1.165) is 26.1 Å². The second-order valence-electron chi connectivity index (χ2n) is 2.91. The van der Waals surface area contributed by atoms with Gasteiger partial charge in [-0.1, -0.05) is 0 Å². The molecular weight excluding hydrogens is 156 g/mol. The van der Waals surface area contributed by atoms with Crippen molar-refractivity contribution in [3.8, 4) is 0 Å². The molecule has 0 fully saturated rings. The molecule has 4 nitrogen and oxygen atoms in total. The lowest BCUT2D eigenvalue weighted by Gasteiger charge is -2.18. The van der Waals surface area contributed by atoms with Crippen LogP contribution in [0.4, 0.5) is 0 Å². The van der Waals surface area contributed by atoms with E-state index < -0.39 is 0 Å². The molecule has 0 radical (unpaired) electrons. The summed E-state index contributed by atoms with van der Waals surface area (Å²) in [6, 6.07) is 0. The Kier molecular flexibility index (Phi) is 3.90. The predicted molar refractivity (Wildman–Crippen MR) is 46.0 cm³/mol. The summed E-state index contributed by atoms with van der Waals surface area (Å²) in [6.07, 6.45) is 5.69. The molecule has 0 aromatic heterocycles. The molecule has 12 heavy (non-hydrogen) atoms. The minimum Gasteiger partial charge on any atom is -0.396 e. The quantitative estimate of drug-likeness (QED) is 0.562. The van der Waals surface area contributed by atoms with E-state index in [0.29, 0.717) is 0 Å². The Hall–Kier alpha value is -0.740. The number of rotatable bonds is 5. The highest BCUT2D eigenvalue weighted by Crippen LogP contribution is 2.06. The van der Waals surface area contributed by atoms with E-state index in [2.05, 4.69) is 4.90 Å². The summed E-state index contributed by atoms with van der Waals surface area (Å²) in [5, 5.41) is 17.3. The summed E-state index contributed by atoms with van der Waals surface area (Å²) in [5.74, 6) is 0. The Labute approximate surface area is 72.7 Å². The summed E-state index contributed by atoms with van der Waals surface area (Å²) >= 11 is 0. The fraction of sp³-hybridized carbons (Fsp3) is 0.750. The van der Waals surface area contributed by atoms with Gasteiger partial charge in [-0.25, -0.2) is 0 Å². The predicted octanol–water partition coefficient (Wildman–Crippen LogP) is -0.245. The van der Waals surface area contributed by atoms with Gasteiger partial charge in [0.05, 0.1) is 6.67 Å². The van der Waals surface area contributed by atoms with Gasteiger partial charge in [-0.15, -0.1) is 0 Å². The molecule has 1 aliphatic heterocycles. The molecular formula is C8H16N2O2. The van der Waals surface area contributed by atoms with Gasteiger partial charge in [0, 0.05) is 25.6 Å². The van der Waals surface area contributed by atoms with E-state index in [-0.39, 0.29) is 13.3 Å². The summed E-state index contributed by atoms with van der Waals surface area (Å²) in [4.78, 5) is 3.94. The molecule has 0 amide bonds. The van der Waals surface area contributed by atoms with Crippen LogP contribution in [-0.4, -0.2) is 46.6 Å². The van der Waals surface area contributed by atoms with Crippen LogP contribution >= 0.6 is 0 Å². The van der Waals surface area contributed by atoms with Crippen LogP contribution in [0.2, 0.25) is 0 Å². The van der Waals surface area contributed by atoms with Gasteiger partial charge in [-0.05, 0) is 12.8 Å². The van der Waals surface area contributed by atoms with E-state index in [1.807, 2.05) is 17.3 Å². The van der Waals surface area contributed by atoms with Gasteiger partial charge < -0.3 is 20.0 Å². The number of hydrogen-bond donors (Lipinski definition) is 2. The molecule has 0 unspecified atom stereocenters. The summed E-state index contributed by atoms with van der Waals surface area (Å²) in [6.45, 7) is 2.06. The second kappa shape index (κ2) is 5.00. The summed E-state index contributed by atoms with van der Waals surface area (Å²) in [5.41, 5.74) is 0. The number of aliphatic hydroxyl groups excluding tert-OH is 2. The normalized spacial score (nSPS) is 16.2. The van der Waals surface area contributed by atoms with Crippen LogP contribution < -0.4 is 0 Å². The zero-order valence-corrected chi connectivity index (χ0v) is 7.19. The number of unbranched alkanes of at least 4 members (excludes halogenated alkanes) is 1. The third kappa shape index (κ3) is 2.71. The lowest BCUT2D eigenvalue weighted by Crippen LogP contribution is -2.26. The molecule has 0 atom stereocenters. The smallest absolute Gasteiger partial charge is 0.116 e. The van der Waals surface area contributed by atoms with Crippen molar-refractivity contribution in [2.45, 2.75) is 12.8 Å². The van der Waals surface area contributed by atoms with Crippen LogP contribution in [0, 0.1) is 0 Å². The highest BCUT2D eigenvalue weighted by Gasteiger charge is 2.09. The van der Waals surface area contributed by atoms with E-state index >= 15 is 0 Å². The van der Waals surface area contributed by atoms with Crippen molar-refractivity contribution in [3.63, 3.8) is 0 Å². The van der Waals surface area contributed by atoms with Crippen molar-refractivity contribution in [3.05, 3.63) is 12.4 Å². The average Bonchev–Trinajstić information content (AvgIpc) is 2.53. The first kappa shape index (κ1) is 9.35. The molecule has 70 valence electrons. The van der Waals surface area contributed by atoms with Crippen LogP contribution in [0.3, 0.4) is 0 Å². The van der Waals surface area contributed by atoms with E-state index in [4.69, 9.17) is 10.2 Å². The van der Waals surface area contributed by atoms with Crippen LogP contribution in [0.1, 0.15) is 12.8 Å². The Bertz CT molecular complexity index is 150. The Morgan fingerprint density at radius 2 is 1.83 bits per heavy atom. The molecule has 0 saturated carbocycles. The van der Waals surface area contributed by atoms with Crippen molar-refractivity contribution < 1.29 is 10.2 Å². The molecule has 0 bridgehead atoms. The topological polar surface area (TPSA) is 46.9 Å². The number of nitrogens with zero attached hydrogens (tertiary/aromatic N) is 2. The van der Waals surface area contributed by atoms with Crippen molar-refractivity contribution in [2.75, 3.05) is 26.6 Å². The highest BCUT2D eigenvalue weighted by atomic mass is 16.3. The van der Waals surface area contributed by atoms with Gasteiger partial charge in [-0.2, -0.15) is 0 Å². The standard InChI is InChI=1S/C8H16N2O2/c11-6-2-1-3-9-4-5-10(7-9)8-12/h4-5,11-12H,1-3,6-8H2. The lowest BCUT2D eigenvalue weighted by atomic mass is 10.3. The van der Waals surface area contributed by atoms with Crippen molar-refractivity contribution in [1.29, 1.82) is 0 Å². The molecule has 0 aliphatic carbocycles. The third-order valence-corrected chi connectivity index (χ3v) is 1.89. The molecule has 1 aliphatic rings. The summed E-state index contributed by atoms with van der Waals surface area (Å²) in [7, 11) is 0. The zero-order valence-electron chi connectivity index (χ0n) is 7.19. The van der Waals surface area contributed by atoms with E-state index in [1.54, 1.807) is 0 Å². The fourth-order valence-electron chi connectivity index (χ4n) is 1.18. The van der Waals surface area contributed by atoms with Crippen molar-refractivity contribution in [1.82, 2.24) is 9.80 Å². The maximum absolute atomic E-state index is 8.76. The van der Waals surface area contributed by atoms with Crippen LogP contribution in [0.25, 0.3) is 0 Å². The molecule has 0 saturated heterocycles. The molecule has 4 heteroatoms. The Morgan fingerprint density at radius 1 is 1.08 bits per heavy atom. The first-order valence-corrected chi connectivity index (χ1v) is 4.25. The maximum Gasteiger partial charge on any atom is 0.116 e. The third-order valence-electron chi connectivity index (χ3n) is 1.89. The minimum absolute atomic E-state index is 0.0764. The summed E-state index contributed by atoms with van der Waals surface area (Å²) < 4.78 is 0. The van der Waals surface area contributed by atoms with Gasteiger partial charge in [-0.3, -0.25) is 0 Å². The fourth-order valence-corrected chi connectivity index (χ4v) is 1.18. The molecule has 1 rings (SSSR count). The minimum atomic E-state index is 0.0764. The molecule has 0 aromatic carbocycles. The van der Waals surface area contributed by atoms with Gasteiger partial charge in [0.2, 0.25) is 0 Å². The Balaban J connectivity index is 2.08. The number of hydrogen-bond acceptors (Lipinski definition) is 4. The van der Waals surface area contributed by atoms with Gasteiger partial charge >= 0.3 is 0 Å². The molecule has 0 spiro atoms. The first-order chi connectivity index (χ1) is 5.86. The maximum atomic E-state index is 8.76. The largest absolute Gasteiger partial charge is 0.396 e. The average molecular weight is 172 g/mol. The molecule has 1 heterocycles. The molecule has 2 N–H and O–H groups in total. The van der Waals surface area contributed by atoms with Gasteiger partial charge in [0.25, 0.3) is 0 Å². The van der Waals surface area contributed by atoms with Crippen LogP contribution in [0.15, 0.2) is 12.4 Å². The van der Waals surface area contributed by atoms with Crippen LogP contribution in [0.5, 0.6) is 0 Å². The highest BCUT2D eigenvalue weighted by molar-refractivity contribution is 4.88. The SMILES string of the molecule is OCCCCN1C=CN(CO)C1. The second-order valence-corrected chi connectivity index (χ2v) is 2.91. The zero-order chi connectivity index (χ0) is 8.81. The Morgan fingerprint density at radius 3 is 2.42 bits per heavy atom. The van der Waals surface area contributed by atoms with Crippen LogP contribution in [-0.2, 0) is 0 Å². The number of aliphatic hydroxyl groups is 2. The van der Waals surface area contributed by atoms with Gasteiger partial charge in [0.1, 0.15) is 6.73 Å².